The number of amides is 1. The fourth-order valence-corrected chi connectivity index (χ4v) is 1.66. The summed E-state index contributed by atoms with van der Waals surface area (Å²) in [4.78, 5) is 11.9. The van der Waals surface area contributed by atoms with Crippen LogP contribution in [0.15, 0.2) is 0 Å². The van der Waals surface area contributed by atoms with Crippen LogP contribution in [0.2, 0.25) is 0 Å². The van der Waals surface area contributed by atoms with Gasteiger partial charge in [-0.3, -0.25) is 4.79 Å². The summed E-state index contributed by atoms with van der Waals surface area (Å²) in [6.07, 6.45) is 1.53. The molecule has 0 aliphatic carbocycles. The molecule has 4 nitrogen and oxygen atoms in total. The van der Waals surface area contributed by atoms with Crippen molar-refractivity contribution in [1.29, 1.82) is 0 Å². The molecule has 102 valence electrons. The number of carbonyl (C=O) groups excluding carboxylic acids is 1. The molecule has 0 aliphatic heterocycles. The molecule has 17 heavy (non-hydrogen) atoms. The zero-order valence-electron chi connectivity index (χ0n) is 12.1. The molecule has 3 N–H and O–H groups in total. The average molecular weight is 244 g/mol. The van der Waals surface area contributed by atoms with E-state index in [1.165, 1.54) is 0 Å². The predicted molar refractivity (Wildman–Crippen MR) is 70.9 cm³/mol. The minimum absolute atomic E-state index is 0.00452. The summed E-state index contributed by atoms with van der Waals surface area (Å²) in [6, 6.07) is -0.259. The Bertz CT molecular complexity index is 248. The number of rotatable bonds is 6. The second-order valence-electron chi connectivity index (χ2n) is 5.99. The van der Waals surface area contributed by atoms with Crippen LogP contribution in [0.4, 0.5) is 0 Å². The average Bonchev–Trinajstić information content (AvgIpc) is 2.15. The van der Waals surface area contributed by atoms with Crippen molar-refractivity contribution < 1.29 is 9.90 Å². The first kappa shape index (κ1) is 16.4. The standard InChI is InChI=1S/C13H28N2O2/c1-7-13(6,8-9-16)14-10(2)11(17)15-12(3,4)5/h10,14,16H,7-9H2,1-6H3,(H,15,17). The van der Waals surface area contributed by atoms with Crippen LogP contribution in [0.25, 0.3) is 0 Å². The van der Waals surface area contributed by atoms with Gasteiger partial charge in [-0.1, -0.05) is 6.92 Å². The van der Waals surface area contributed by atoms with Crippen LogP contribution < -0.4 is 10.6 Å². The quantitative estimate of drug-likeness (QED) is 0.662. The van der Waals surface area contributed by atoms with Crippen LogP contribution in [0.5, 0.6) is 0 Å². The number of carbonyl (C=O) groups is 1. The SMILES string of the molecule is CCC(C)(CCO)NC(C)C(=O)NC(C)(C)C. The molecular weight excluding hydrogens is 216 g/mol. The topological polar surface area (TPSA) is 61.4 Å². The van der Waals surface area contributed by atoms with Crippen LogP contribution in [0.1, 0.15) is 54.4 Å². The second-order valence-corrected chi connectivity index (χ2v) is 5.99. The first-order valence-corrected chi connectivity index (χ1v) is 6.34. The van der Waals surface area contributed by atoms with Crippen molar-refractivity contribution in [1.82, 2.24) is 10.6 Å². The Morgan fingerprint density at radius 3 is 2.18 bits per heavy atom. The minimum atomic E-state index is -0.259. The van der Waals surface area contributed by atoms with Crippen molar-refractivity contribution in [2.45, 2.75) is 71.5 Å². The van der Waals surface area contributed by atoms with Gasteiger partial charge in [-0.15, -0.1) is 0 Å². The van der Waals surface area contributed by atoms with Crippen molar-refractivity contribution in [3.05, 3.63) is 0 Å². The molecule has 2 unspecified atom stereocenters. The van der Waals surface area contributed by atoms with Gasteiger partial charge in [0, 0.05) is 17.7 Å². The van der Waals surface area contributed by atoms with Gasteiger partial charge in [0.1, 0.15) is 0 Å². The van der Waals surface area contributed by atoms with E-state index in [9.17, 15) is 4.79 Å². The molecule has 0 aromatic rings. The van der Waals surface area contributed by atoms with Crippen molar-refractivity contribution in [2.24, 2.45) is 0 Å². The van der Waals surface area contributed by atoms with E-state index in [0.29, 0.717) is 6.42 Å². The molecule has 0 radical (unpaired) electrons. The normalized spacial score (nSPS) is 17.4. The highest BCUT2D eigenvalue weighted by molar-refractivity contribution is 5.82. The largest absolute Gasteiger partial charge is 0.396 e. The van der Waals surface area contributed by atoms with E-state index >= 15 is 0 Å². The summed E-state index contributed by atoms with van der Waals surface area (Å²) in [7, 11) is 0. The highest BCUT2D eigenvalue weighted by Gasteiger charge is 2.27. The molecule has 0 spiro atoms. The maximum atomic E-state index is 11.9. The fraction of sp³-hybridized carbons (Fsp3) is 0.923. The number of aliphatic hydroxyl groups is 1. The van der Waals surface area contributed by atoms with Crippen LogP contribution in [0, 0.1) is 0 Å². The molecule has 4 heteroatoms. The number of hydrogen-bond donors (Lipinski definition) is 3. The summed E-state index contributed by atoms with van der Waals surface area (Å²) < 4.78 is 0. The first-order valence-electron chi connectivity index (χ1n) is 6.34. The minimum Gasteiger partial charge on any atom is -0.396 e. The van der Waals surface area contributed by atoms with E-state index in [0.717, 1.165) is 6.42 Å². The van der Waals surface area contributed by atoms with Gasteiger partial charge in [-0.25, -0.2) is 0 Å². The van der Waals surface area contributed by atoms with Gasteiger partial charge >= 0.3 is 0 Å². The van der Waals surface area contributed by atoms with Gasteiger partial charge in [0.05, 0.1) is 6.04 Å². The smallest absolute Gasteiger partial charge is 0.237 e. The molecular formula is C13H28N2O2. The van der Waals surface area contributed by atoms with Gasteiger partial charge in [0.2, 0.25) is 5.91 Å². The molecule has 0 rings (SSSR count). The lowest BCUT2D eigenvalue weighted by molar-refractivity contribution is -0.124. The molecule has 0 fully saturated rings. The maximum Gasteiger partial charge on any atom is 0.237 e. The van der Waals surface area contributed by atoms with Gasteiger partial charge in [0.25, 0.3) is 0 Å². The van der Waals surface area contributed by atoms with Crippen LogP contribution in [-0.2, 0) is 4.79 Å². The van der Waals surface area contributed by atoms with E-state index in [2.05, 4.69) is 17.6 Å². The lowest BCUT2D eigenvalue weighted by atomic mass is 9.93. The lowest BCUT2D eigenvalue weighted by Crippen LogP contribution is -2.55. The Kier molecular flexibility index (Phi) is 6.13. The fourth-order valence-electron chi connectivity index (χ4n) is 1.66. The maximum absolute atomic E-state index is 11.9. The summed E-state index contributed by atoms with van der Waals surface area (Å²) in [5.74, 6) is -0.00452. The van der Waals surface area contributed by atoms with E-state index < -0.39 is 0 Å². The number of nitrogens with one attached hydrogen (secondary N) is 2. The molecule has 0 heterocycles. The van der Waals surface area contributed by atoms with Crippen LogP contribution in [0.3, 0.4) is 0 Å². The molecule has 0 aromatic carbocycles. The van der Waals surface area contributed by atoms with Crippen LogP contribution >= 0.6 is 0 Å². The van der Waals surface area contributed by atoms with Crippen molar-refractivity contribution in [3.8, 4) is 0 Å². The molecule has 0 saturated carbocycles. The number of hydrogen-bond acceptors (Lipinski definition) is 3. The third-order valence-electron chi connectivity index (χ3n) is 2.90. The van der Waals surface area contributed by atoms with E-state index in [1.54, 1.807) is 0 Å². The molecule has 2 atom stereocenters. The van der Waals surface area contributed by atoms with Gasteiger partial charge < -0.3 is 15.7 Å². The second kappa shape index (κ2) is 6.36. The van der Waals surface area contributed by atoms with E-state index in [4.69, 9.17) is 5.11 Å². The Balaban J connectivity index is 4.41. The predicted octanol–water partition coefficient (Wildman–Crippen LogP) is 1.43. The van der Waals surface area contributed by atoms with Crippen molar-refractivity contribution in [2.75, 3.05) is 6.61 Å². The lowest BCUT2D eigenvalue weighted by Gasteiger charge is -2.33. The Labute approximate surface area is 105 Å². The van der Waals surface area contributed by atoms with E-state index in [-0.39, 0.29) is 29.6 Å². The molecule has 0 aromatic heterocycles. The van der Waals surface area contributed by atoms with E-state index in [1.807, 2.05) is 34.6 Å². The summed E-state index contributed by atoms with van der Waals surface area (Å²) in [6.45, 7) is 12.0. The van der Waals surface area contributed by atoms with Crippen LogP contribution in [-0.4, -0.2) is 34.7 Å². The molecule has 0 saturated heterocycles. The molecule has 0 bridgehead atoms. The zero-order chi connectivity index (χ0) is 13.7. The Morgan fingerprint density at radius 1 is 1.29 bits per heavy atom. The molecule has 0 aliphatic rings. The Hall–Kier alpha value is -0.610. The van der Waals surface area contributed by atoms with Crippen molar-refractivity contribution in [3.63, 3.8) is 0 Å². The van der Waals surface area contributed by atoms with Crippen molar-refractivity contribution >= 4 is 5.91 Å². The molecule has 1 amide bonds. The highest BCUT2D eigenvalue weighted by Crippen LogP contribution is 2.15. The summed E-state index contributed by atoms with van der Waals surface area (Å²) in [5, 5.41) is 15.3. The highest BCUT2D eigenvalue weighted by atomic mass is 16.3. The summed E-state index contributed by atoms with van der Waals surface area (Å²) >= 11 is 0. The summed E-state index contributed by atoms with van der Waals surface area (Å²) in [5.41, 5.74) is -0.407. The monoisotopic (exact) mass is 244 g/mol. The Morgan fingerprint density at radius 2 is 1.82 bits per heavy atom. The number of aliphatic hydroxyl groups excluding tert-OH is 1. The third kappa shape index (κ3) is 6.64. The van der Waals surface area contributed by atoms with Gasteiger partial charge in [-0.05, 0) is 47.5 Å². The van der Waals surface area contributed by atoms with Gasteiger partial charge in [-0.2, -0.15) is 0 Å². The third-order valence-corrected chi connectivity index (χ3v) is 2.90. The zero-order valence-corrected chi connectivity index (χ0v) is 12.1. The first-order chi connectivity index (χ1) is 7.63. The van der Waals surface area contributed by atoms with Gasteiger partial charge in [0.15, 0.2) is 0 Å².